The molecule has 0 amide bonds. The lowest BCUT2D eigenvalue weighted by Crippen LogP contribution is -1.83. The Morgan fingerprint density at radius 3 is 2.75 bits per heavy atom. The van der Waals surface area contributed by atoms with Crippen molar-refractivity contribution < 1.29 is 10.2 Å². The van der Waals surface area contributed by atoms with Crippen molar-refractivity contribution in [2.24, 2.45) is 0 Å². The molecular weight excluding hydrogens is 152 g/mol. The summed E-state index contributed by atoms with van der Waals surface area (Å²) in [4.78, 5) is 0. The minimum absolute atomic E-state index is 0.163. The Labute approximate surface area is 71.5 Å². The summed E-state index contributed by atoms with van der Waals surface area (Å²) in [6.45, 7) is 1.68. The molecule has 0 aliphatic carbocycles. The van der Waals surface area contributed by atoms with Gasteiger partial charge in [-0.15, -0.1) is 0 Å². The first-order valence-electron chi connectivity index (χ1n) is 3.64. The topological polar surface area (TPSA) is 40.5 Å². The van der Waals surface area contributed by atoms with Gasteiger partial charge in [-0.25, -0.2) is 0 Å². The third kappa shape index (κ3) is 1.77. The Bertz CT molecular complexity index is 311. The van der Waals surface area contributed by atoms with E-state index in [1.165, 1.54) is 0 Å². The Kier molecular flexibility index (Phi) is 2.73. The number of benzene rings is 1. The minimum atomic E-state index is -0.187. The molecule has 0 saturated carbocycles. The molecule has 0 aromatic heterocycles. The zero-order valence-corrected chi connectivity index (χ0v) is 6.83. The summed E-state index contributed by atoms with van der Waals surface area (Å²) in [5.74, 6) is 5.34. The number of aromatic hydroxyl groups is 1. The molecule has 0 bridgehead atoms. The van der Waals surface area contributed by atoms with Gasteiger partial charge in [0.1, 0.15) is 12.4 Å². The molecule has 0 radical (unpaired) electrons. The van der Waals surface area contributed by atoms with Gasteiger partial charge >= 0.3 is 0 Å². The summed E-state index contributed by atoms with van der Waals surface area (Å²) in [7, 11) is 0. The molecule has 2 N–H and O–H groups in total. The lowest BCUT2D eigenvalue weighted by Gasteiger charge is -1.99. The average Bonchev–Trinajstić information content (AvgIpc) is 2.04. The summed E-state index contributed by atoms with van der Waals surface area (Å²) >= 11 is 0. The third-order valence-electron chi connectivity index (χ3n) is 1.54. The van der Waals surface area contributed by atoms with Gasteiger partial charge in [0.15, 0.2) is 0 Å². The van der Waals surface area contributed by atoms with E-state index in [4.69, 9.17) is 5.11 Å². The van der Waals surface area contributed by atoms with Crippen LogP contribution in [0.3, 0.4) is 0 Å². The lowest BCUT2D eigenvalue weighted by molar-refractivity contribution is 0.350. The van der Waals surface area contributed by atoms with Gasteiger partial charge in [0.2, 0.25) is 0 Å². The van der Waals surface area contributed by atoms with Crippen LogP contribution in [0, 0.1) is 18.8 Å². The first-order chi connectivity index (χ1) is 5.75. The smallest absolute Gasteiger partial charge is 0.131 e. The number of aliphatic hydroxyl groups excluding tert-OH is 1. The van der Waals surface area contributed by atoms with E-state index in [-0.39, 0.29) is 12.4 Å². The quantitative estimate of drug-likeness (QED) is 0.560. The molecule has 1 aromatic rings. The molecule has 1 aromatic carbocycles. The molecule has 0 unspecified atom stereocenters. The highest BCUT2D eigenvalue weighted by atomic mass is 16.3. The maximum Gasteiger partial charge on any atom is 0.131 e. The van der Waals surface area contributed by atoms with Crippen LogP contribution in [0.15, 0.2) is 18.2 Å². The fourth-order valence-corrected chi connectivity index (χ4v) is 0.943. The summed E-state index contributed by atoms with van der Waals surface area (Å²) in [5.41, 5.74) is 1.50. The maximum absolute atomic E-state index is 9.33. The molecule has 0 heterocycles. The molecule has 0 saturated heterocycles. The third-order valence-corrected chi connectivity index (χ3v) is 1.54. The highest BCUT2D eigenvalue weighted by molar-refractivity contribution is 5.50. The van der Waals surface area contributed by atoms with Crippen molar-refractivity contribution in [1.82, 2.24) is 0 Å². The van der Waals surface area contributed by atoms with E-state index >= 15 is 0 Å². The van der Waals surface area contributed by atoms with Gasteiger partial charge in [-0.3, -0.25) is 0 Å². The molecule has 12 heavy (non-hydrogen) atoms. The van der Waals surface area contributed by atoms with E-state index in [0.717, 1.165) is 5.56 Å². The van der Waals surface area contributed by atoms with Crippen LogP contribution >= 0.6 is 0 Å². The van der Waals surface area contributed by atoms with Gasteiger partial charge in [-0.1, -0.05) is 24.0 Å². The summed E-state index contributed by atoms with van der Waals surface area (Å²) in [5, 5.41) is 17.8. The molecular formula is C10H10O2. The Hall–Kier alpha value is -1.46. The van der Waals surface area contributed by atoms with E-state index in [0.29, 0.717) is 5.56 Å². The normalized spacial score (nSPS) is 8.83. The number of hydrogen-bond donors (Lipinski definition) is 2. The second-order valence-electron chi connectivity index (χ2n) is 2.43. The molecule has 1 rings (SSSR count). The van der Waals surface area contributed by atoms with Crippen LogP contribution in [-0.2, 0) is 0 Å². The van der Waals surface area contributed by atoms with Crippen molar-refractivity contribution in [3.63, 3.8) is 0 Å². The predicted octanol–water partition coefficient (Wildman–Crippen LogP) is 1.04. The number of hydrogen-bond acceptors (Lipinski definition) is 2. The number of phenolic OH excluding ortho intramolecular Hbond substituents is 1. The van der Waals surface area contributed by atoms with Crippen LogP contribution < -0.4 is 0 Å². The lowest BCUT2D eigenvalue weighted by atomic mass is 10.1. The molecule has 62 valence electrons. The van der Waals surface area contributed by atoms with Gasteiger partial charge < -0.3 is 10.2 Å². The SMILES string of the molecule is Cc1cccc(O)c1C#CCO. The van der Waals surface area contributed by atoms with Gasteiger partial charge in [-0.2, -0.15) is 0 Å². The van der Waals surface area contributed by atoms with E-state index in [1.807, 2.05) is 13.0 Å². The van der Waals surface area contributed by atoms with Crippen LogP contribution in [0.1, 0.15) is 11.1 Å². The largest absolute Gasteiger partial charge is 0.507 e. The van der Waals surface area contributed by atoms with Crippen molar-refractivity contribution in [2.45, 2.75) is 6.92 Å². The average molecular weight is 162 g/mol. The number of rotatable bonds is 0. The monoisotopic (exact) mass is 162 g/mol. The summed E-state index contributed by atoms with van der Waals surface area (Å²) in [6.07, 6.45) is 0. The maximum atomic E-state index is 9.33. The second kappa shape index (κ2) is 3.80. The van der Waals surface area contributed by atoms with E-state index in [2.05, 4.69) is 11.8 Å². The highest BCUT2D eigenvalue weighted by Crippen LogP contribution is 2.18. The van der Waals surface area contributed by atoms with Crippen LogP contribution in [0.4, 0.5) is 0 Å². The molecule has 2 heteroatoms. The fourth-order valence-electron chi connectivity index (χ4n) is 0.943. The number of phenols is 1. The molecule has 0 aliphatic heterocycles. The molecule has 0 fully saturated rings. The summed E-state index contributed by atoms with van der Waals surface area (Å²) < 4.78 is 0. The van der Waals surface area contributed by atoms with Crippen molar-refractivity contribution >= 4 is 0 Å². The van der Waals surface area contributed by atoms with Crippen LogP contribution in [0.5, 0.6) is 5.75 Å². The number of aliphatic hydroxyl groups is 1. The zero-order chi connectivity index (χ0) is 8.97. The zero-order valence-electron chi connectivity index (χ0n) is 6.83. The predicted molar refractivity (Wildman–Crippen MR) is 46.8 cm³/mol. The molecule has 2 nitrogen and oxygen atoms in total. The standard InChI is InChI=1S/C10H10O2/c1-8-4-2-6-10(12)9(8)5-3-7-11/h2,4,6,11-12H,7H2,1H3. The first-order valence-corrected chi connectivity index (χ1v) is 3.64. The van der Waals surface area contributed by atoms with Crippen molar-refractivity contribution in [3.8, 4) is 17.6 Å². The van der Waals surface area contributed by atoms with E-state index in [1.54, 1.807) is 12.1 Å². The van der Waals surface area contributed by atoms with Crippen LogP contribution in [-0.4, -0.2) is 16.8 Å². The molecule has 0 spiro atoms. The van der Waals surface area contributed by atoms with Crippen molar-refractivity contribution in [1.29, 1.82) is 0 Å². The Morgan fingerprint density at radius 2 is 2.17 bits per heavy atom. The van der Waals surface area contributed by atoms with Crippen molar-refractivity contribution in [3.05, 3.63) is 29.3 Å². The van der Waals surface area contributed by atoms with Gasteiger partial charge in [0.05, 0.1) is 5.56 Å². The molecule has 0 aliphatic rings. The van der Waals surface area contributed by atoms with Crippen LogP contribution in [0.25, 0.3) is 0 Å². The Balaban J connectivity index is 3.13. The van der Waals surface area contributed by atoms with E-state index in [9.17, 15) is 5.11 Å². The van der Waals surface area contributed by atoms with Gasteiger partial charge in [0.25, 0.3) is 0 Å². The minimum Gasteiger partial charge on any atom is -0.507 e. The van der Waals surface area contributed by atoms with Gasteiger partial charge in [-0.05, 0) is 18.6 Å². The molecule has 0 atom stereocenters. The second-order valence-corrected chi connectivity index (χ2v) is 2.43. The van der Waals surface area contributed by atoms with Crippen molar-refractivity contribution in [2.75, 3.05) is 6.61 Å². The summed E-state index contributed by atoms with van der Waals surface area (Å²) in [6, 6.07) is 5.20. The Morgan fingerprint density at radius 1 is 1.42 bits per heavy atom. The van der Waals surface area contributed by atoms with Gasteiger partial charge in [0, 0.05) is 0 Å². The highest BCUT2D eigenvalue weighted by Gasteiger charge is 1.98. The first kappa shape index (κ1) is 8.63. The number of aryl methyl sites for hydroxylation is 1. The fraction of sp³-hybridized carbons (Fsp3) is 0.200. The van der Waals surface area contributed by atoms with Crippen LogP contribution in [0.2, 0.25) is 0 Å². The van der Waals surface area contributed by atoms with E-state index < -0.39 is 0 Å².